The lowest BCUT2D eigenvalue weighted by Gasteiger charge is -2.20. The zero-order chi connectivity index (χ0) is 18.9. The highest BCUT2D eigenvalue weighted by atomic mass is 127. The summed E-state index contributed by atoms with van der Waals surface area (Å²) in [6.07, 6.45) is 9.15. The summed E-state index contributed by atoms with van der Waals surface area (Å²) in [5, 5.41) is 6.68. The van der Waals surface area contributed by atoms with Crippen LogP contribution in [-0.2, 0) is 17.8 Å². The first-order valence-electron chi connectivity index (χ1n) is 9.98. The van der Waals surface area contributed by atoms with Crippen molar-refractivity contribution in [2.45, 2.75) is 52.1 Å². The minimum Gasteiger partial charge on any atom is -0.467 e. The summed E-state index contributed by atoms with van der Waals surface area (Å²) in [6, 6.07) is 3.02. The van der Waals surface area contributed by atoms with Crippen LogP contribution in [0.5, 0.6) is 5.75 Å². The molecule has 0 unspecified atom stereocenters. The van der Waals surface area contributed by atoms with Crippen LogP contribution in [0.2, 0.25) is 0 Å². The standard InChI is InChI=1S/C21H30FN3O2.HI/c1-2-23-21(24-10-8-16-6-4-3-5-7-16)25-11-9-17-12-19(22)13-18-14-26-15-27-20(17)18;/h6,12-13H,2-5,7-11,14-15H2,1H3,(H2,23,24,25);1H. The molecule has 0 amide bonds. The maximum atomic E-state index is 13.8. The van der Waals surface area contributed by atoms with Gasteiger partial charge >= 0.3 is 0 Å². The van der Waals surface area contributed by atoms with Crippen LogP contribution in [0.25, 0.3) is 0 Å². The first kappa shape index (κ1) is 22.9. The number of halogens is 2. The molecule has 156 valence electrons. The highest BCUT2D eigenvalue weighted by Gasteiger charge is 2.16. The van der Waals surface area contributed by atoms with Gasteiger partial charge < -0.3 is 20.1 Å². The number of hydrogen-bond donors (Lipinski definition) is 2. The van der Waals surface area contributed by atoms with E-state index in [1.54, 1.807) is 5.57 Å². The fourth-order valence-corrected chi connectivity index (χ4v) is 3.55. The third-order valence-electron chi connectivity index (χ3n) is 4.87. The van der Waals surface area contributed by atoms with Crippen molar-refractivity contribution < 1.29 is 13.9 Å². The summed E-state index contributed by atoms with van der Waals surface area (Å²) in [6.45, 7) is 4.92. The number of fused-ring (bicyclic) bond motifs is 1. The lowest BCUT2D eigenvalue weighted by atomic mass is 9.97. The number of guanidine groups is 1. The van der Waals surface area contributed by atoms with Crippen molar-refractivity contribution in [2.75, 3.05) is 26.4 Å². The van der Waals surface area contributed by atoms with Gasteiger partial charge in [-0.2, -0.15) is 0 Å². The van der Waals surface area contributed by atoms with Crippen molar-refractivity contribution in [3.05, 3.63) is 40.7 Å². The smallest absolute Gasteiger partial charge is 0.191 e. The molecule has 1 heterocycles. The van der Waals surface area contributed by atoms with Gasteiger partial charge in [0, 0.05) is 25.2 Å². The van der Waals surface area contributed by atoms with Gasteiger partial charge in [0.05, 0.1) is 6.61 Å². The van der Waals surface area contributed by atoms with Crippen molar-refractivity contribution in [3.63, 3.8) is 0 Å². The highest BCUT2D eigenvalue weighted by Crippen LogP contribution is 2.29. The molecule has 2 aliphatic rings. The van der Waals surface area contributed by atoms with Crippen LogP contribution in [-0.4, -0.2) is 32.4 Å². The van der Waals surface area contributed by atoms with Gasteiger partial charge in [0.25, 0.3) is 0 Å². The van der Waals surface area contributed by atoms with Gasteiger partial charge in [-0.25, -0.2) is 4.39 Å². The number of nitrogens with one attached hydrogen (secondary N) is 2. The molecular weight excluding hydrogens is 472 g/mol. The average molecular weight is 503 g/mol. The first-order chi connectivity index (χ1) is 13.3. The van der Waals surface area contributed by atoms with Gasteiger partial charge in [-0.15, -0.1) is 24.0 Å². The number of hydrogen-bond acceptors (Lipinski definition) is 3. The number of aliphatic imine (C=N–C) groups is 1. The van der Waals surface area contributed by atoms with Crippen LogP contribution < -0.4 is 15.4 Å². The van der Waals surface area contributed by atoms with Gasteiger partial charge in [-0.3, -0.25) is 4.99 Å². The van der Waals surface area contributed by atoms with E-state index in [1.807, 2.05) is 0 Å². The van der Waals surface area contributed by atoms with E-state index < -0.39 is 0 Å². The Morgan fingerprint density at radius 1 is 1.21 bits per heavy atom. The molecule has 0 atom stereocenters. The quantitative estimate of drug-likeness (QED) is 0.252. The van der Waals surface area contributed by atoms with Gasteiger partial charge in [0.1, 0.15) is 11.6 Å². The molecule has 0 fully saturated rings. The number of allylic oxidation sites excluding steroid dienone is 1. The largest absolute Gasteiger partial charge is 0.467 e. The molecule has 1 aliphatic carbocycles. The Balaban J connectivity index is 0.00000280. The van der Waals surface area contributed by atoms with Crippen molar-refractivity contribution in [3.8, 4) is 5.75 Å². The van der Waals surface area contributed by atoms with Crippen LogP contribution in [0.3, 0.4) is 0 Å². The fraction of sp³-hybridized carbons (Fsp3) is 0.571. The Morgan fingerprint density at radius 3 is 2.89 bits per heavy atom. The molecule has 0 saturated heterocycles. The lowest BCUT2D eigenvalue weighted by molar-refractivity contribution is -0.0172. The normalized spacial score (nSPS) is 16.4. The van der Waals surface area contributed by atoms with Crippen LogP contribution in [0, 0.1) is 5.82 Å². The van der Waals surface area contributed by atoms with E-state index in [1.165, 1.54) is 37.8 Å². The summed E-state index contributed by atoms with van der Waals surface area (Å²) >= 11 is 0. The minimum absolute atomic E-state index is 0. The van der Waals surface area contributed by atoms with E-state index in [9.17, 15) is 4.39 Å². The van der Waals surface area contributed by atoms with Crippen molar-refractivity contribution in [1.82, 2.24) is 10.6 Å². The molecule has 0 aromatic heterocycles. The molecule has 2 N–H and O–H groups in total. The predicted molar refractivity (Wildman–Crippen MR) is 121 cm³/mol. The summed E-state index contributed by atoms with van der Waals surface area (Å²) in [5.41, 5.74) is 3.17. The average Bonchev–Trinajstić information content (AvgIpc) is 2.68. The minimum atomic E-state index is -0.257. The maximum absolute atomic E-state index is 13.8. The monoisotopic (exact) mass is 503 g/mol. The third kappa shape index (κ3) is 6.92. The van der Waals surface area contributed by atoms with Crippen molar-refractivity contribution in [2.24, 2.45) is 4.99 Å². The Bertz CT molecular complexity index is 694. The van der Waals surface area contributed by atoms with E-state index >= 15 is 0 Å². The molecule has 0 bridgehead atoms. The molecule has 0 saturated carbocycles. The summed E-state index contributed by atoms with van der Waals surface area (Å²) in [7, 11) is 0. The highest BCUT2D eigenvalue weighted by molar-refractivity contribution is 14.0. The van der Waals surface area contributed by atoms with E-state index in [-0.39, 0.29) is 36.6 Å². The zero-order valence-electron chi connectivity index (χ0n) is 16.6. The van der Waals surface area contributed by atoms with E-state index in [0.717, 1.165) is 42.3 Å². The molecule has 1 aromatic carbocycles. The third-order valence-corrected chi connectivity index (χ3v) is 4.87. The SMILES string of the molecule is CCNC(=NCCc1cc(F)cc2c1OCOC2)NCCC1=CCCCC1.I. The van der Waals surface area contributed by atoms with Crippen molar-refractivity contribution >= 4 is 29.9 Å². The zero-order valence-corrected chi connectivity index (χ0v) is 18.9. The molecule has 0 spiro atoms. The second-order valence-corrected chi connectivity index (χ2v) is 6.96. The summed E-state index contributed by atoms with van der Waals surface area (Å²) < 4.78 is 24.6. The number of nitrogens with zero attached hydrogens (tertiary/aromatic N) is 1. The number of ether oxygens (including phenoxy) is 2. The molecule has 5 nitrogen and oxygen atoms in total. The van der Waals surface area contributed by atoms with Gasteiger partial charge in [-0.05, 0) is 63.1 Å². The van der Waals surface area contributed by atoms with Crippen LogP contribution >= 0.6 is 24.0 Å². The van der Waals surface area contributed by atoms with Gasteiger partial charge in [0.15, 0.2) is 12.8 Å². The first-order valence-corrected chi connectivity index (χ1v) is 9.98. The van der Waals surface area contributed by atoms with E-state index in [4.69, 9.17) is 9.47 Å². The molecule has 0 radical (unpaired) electrons. The van der Waals surface area contributed by atoms with Crippen LogP contribution in [0.4, 0.5) is 4.39 Å². The second kappa shape index (κ2) is 12.3. The fourth-order valence-electron chi connectivity index (χ4n) is 3.55. The Kier molecular flexibility index (Phi) is 10.0. The van der Waals surface area contributed by atoms with Crippen LogP contribution in [0.15, 0.2) is 28.8 Å². The molecule has 1 aliphatic heterocycles. The van der Waals surface area contributed by atoms with Gasteiger partial charge in [0.2, 0.25) is 0 Å². The Hall–Kier alpha value is -1.35. The lowest BCUT2D eigenvalue weighted by Crippen LogP contribution is -2.38. The molecule has 28 heavy (non-hydrogen) atoms. The van der Waals surface area contributed by atoms with E-state index in [2.05, 4.69) is 28.6 Å². The predicted octanol–water partition coefficient (Wildman–Crippen LogP) is 4.30. The second-order valence-electron chi connectivity index (χ2n) is 6.96. The summed E-state index contributed by atoms with van der Waals surface area (Å²) in [4.78, 5) is 4.64. The van der Waals surface area contributed by atoms with Gasteiger partial charge in [-0.1, -0.05) is 11.6 Å². The number of benzene rings is 1. The van der Waals surface area contributed by atoms with Crippen LogP contribution in [0.1, 0.15) is 50.2 Å². The molecule has 7 heteroatoms. The maximum Gasteiger partial charge on any atom is 0.191 e. The molecular formula is C21H31FIN3O2. The number of rotatable bonds is 7. The summed E-state index contributed by atoms with van der Waals surface area (Å²) in [5.74, 6) is 1.30. The topological polar surface area (TPSA) is 54.9 Å². The van der Waals surface area contributed by atoms with E-state index in [0.29, 0.717) is 19.6 Å². The Morgan fingerprint density at radius 2 is 2.11 bits per heavy atom. The van der Waals surface area contributed by atoms with Crippen molar-refractivity contribution in [1.29, 1.82) is 0 Å². The Labute approximate surface area is 184 Å². The molecule has 1 aromatic rings. The molecule has 3 rings (SSSR count).